The smallest absolute Gasteiger partial charge is 0.306 e. The summed E-state index contributed by atoms with van der Waals surface area (Å²) in [6.07, 6.45) is 5.84. The van der Waals surface area contributed by atoms with Crippen LogP contribution < -0.4 is 0 Å². The lowest BCUT2D eigenvalue weighted by Gasteiger charge is -2.20. The first-order valence-corrected chi connectivity index (χ1v) is 10.7. The highest BCUT2D eigenvalue weighted by atomic mass is 32.1. The maximum atomic E-state index is 12.2. The van der Waals surface area contributed by atoms with Crippen molar-refractivity contribution in [2.75, 3.05) is 0 Å². The SMILES string of the molecule is CC(C)c1ccc(-c2nc(COC(=O)C[C@@H]3C[C@@H]4CC[C@@H]3C4)cs2)cc1. The molecule has 0 unspecified atom stereocenters. The molecular weight excluding hydrogens is 342 g/mol. The van der Waals surface area contributed by atoms with Crippen LogP contribution in [0.5, 0.6) is 0 Å². The molecular formula is C22H27NO2S. The van der Waals surface area contributed by atoms with Crippen LogP contribution in [0.15, 0.2) is 29.6 Å². The molecule has 0 radical (unpaired) electrons. The zero-order valence-corrected chi connectivity index (χ0v) is 16.4. The predicted molar refractivity (Wildman–Crippen MR) is 105 cm³/mol. The van der Waals surface area contributed by atoms with Crippen LogP contribution in [-0.4, -0.2) is 11.0 Å². The van der Waals surface area contributed by atoms with Gasteiger partial charge >= 0.3 is 5.97 Å². The molecule has 1 aromatic carbocycles. The van der Waals surface area contributed by atoms with E-state index in [1.165, 1.54) is 31.2 Å². The maximum absolute atomic E-state index is 12.2. The van der Waals surface area contributed by atoms with Gasteiger partial charge in [0.1, 0.15) is 11.6 Å². The summed E-state index contributed by atoms with van der Waals surface area (Å²) in [5, 5.41) is 2.98. The first-order chi connectivity index (χ1) is 12.6. The third-order valence-corrected chi connectivity index (χ3v) is 7.01. The van der Waals surface area contributed by atoms with Gasteiger partial charge in [-0.05, 0) is 48.5 Å². The fourth-order valence-corrected chi connectivity index (χ4v) is 5.38. The summed E-state index contributed by atoms with van der Waals surface area (Å²) < 4.78 is 5.50. The number of fused-ring (bicyclic) bond motifs is 2. The van der Waals surface area contributed by atoms with Crippen molar-refractivity contribution in [2.24, 2.45) is 17.8 Å². The van der Waals surface area contributed by atoms with Crippen molar-refractivity contribution < 1.29 is 9.53 Å². The highest BCUT2D eigenvalue weighted by Crippen LogP contribution is 2.49. The van der Waals surface area contributed by atoms with Gasteiger partial charge in [0.05, 0.1) is 5.69 Å². The molecule has 0 amide bonds. The molecule has 2 fully saturated rings. The van der Waals surface area contributed by atoms with Gasteiger partial charge in [0.15, 0.2) is 0 Å². The lowest BCUT2D eigenvalue weighted by atomic mass is 9.86. The molecule has 0 aliphatic heterocycles. The number of esters is 1. The third-order valence-electron chi connectivity index (χ3n) is 6.07. The van der Waals surface area contributed by atoms with Crippen LogP contribution >= 0.6 is 11.3 Å². The van der Waals surface area contributed by atoms with E-state index in [2.05, 4.69) is 43.1 Å². The number of hydrogen-bond donors (Lipinski definition) is 0. The fraction of sp³-hybridized carbons (Fsp3) is 0.545. The Kier molecular flexibility index (Phi) is 5.12. The van der Waals surface area contributed by atoms with E-state index in [1.54, 1.807) is 11.3 Å². The summed E-state index contributed by atoms with van der Waals surface area (Å²) in [6, 6.07) is 8.57. The van der Waals surface area contributed by atoms with E-state index in [0.717, 1.165) is 28.1 Å². The van der Waals surface area contributed by atoms with E-state index in [4.69, 9.17) is 4.74 Å². The lowest BCUT2D eigenvalue weighted by molar-refractivity contribution is -0.146. The Morgan fingerprint density at radius 2 is 2.04 bits per heavy atom. The standard InChI is InChI=1S/C22H27NO2S/c1-14(2)16-5-7-17(8-6-16)22-23-20(13-26-22)12-25-21(24)11-19-10-15-3-4-18(19)9-15/h5-8,13-15,18-19H,3-4,9-12H2,1-2H3/t15-,18-,19+/m1/s1. The second kappa shape index (κ2) is 7.51. The van der Waals surface area contributed by atoms with Crippen LogP contribution in [0.2, 0.25) is 0 Å². The molecule has 1 aromatic heterocycles. The highest BCUT2D eigenvalue weighted by Gasteiger charge is 2.40. The Hall–Kier alpha value is -1.68. The third kappa shape index (κ3) is 3.85. The molecule has 4 heteroatoms. The highest BCUT2D eigenvalue weighted by molar-refractivity contribution is 7.13. The van der Waals surface area contributed by atoms with Crippen LogP contribution in [0.1, 0.15) is 63.1 Å². The number of rotatable bonds is 6. The van der Waals surface area contributed by atoms with Gasteiger partial charge in [0.25, 0.3) is 0 Å². The number of carbonyl (C=O) groups is 1. The number of thiazole rings is 1. The summed E-state index contributed by atoms with van der Waals surface area (Å²) in [6.45, 7) is 4.68. The number of hydrogen-bond acceptors (Lipinski definition) is 4. The Balaban J connectivity index is 1.30. The Morgan fingerprint density at radius 1 is 1.23 bits per heavy atom. The van der Waals surface area contributed by atoms with Gasteiger partial charge in [-0.3, -0.25) is 4.79 Å². The number of nitrogens with zero attached hydrogens (tertiary/aromatic N) is 1. The number of carbonyl (C=O) groups excluding carboxylic acids is 1. The molecule has 2 bridgehead atoms. The largest absolute Gasteiger partial charge is 0.459 e. The molecule has 3 atom stereocenters. The van der Waals surface area contributed by atoms with Gasteiger partial charge in [-0.2, -0.15) is 0 Å². The second-order valence-electron chi connectivity index (χ2n) is 8.22. The fourth-order valence-electron chi connectivity index (χ4n) is 4.57. The van der Waals surface area contributed by atoms with Crippen LogP contribution in [0.25, 0.3) is 10.6 Å². The molecule has 2 aliphatic carbocycles. The lowest BCUT2D eigenvalue weighted by Crippen LogP contribution is -2.17. The van der Waals surface area contributed by atoms with Crippen molar-refractivity contribution in [2.45, 2.75) is 58.5 Å². The molecule has 3 nitrogen and oxygen atoms in total. The summed E-state index contributed by atoms with van der Waals surface area (Å²) in [5.74, 6) is 2.68. The van der Waals surface area contributed by atoms with Crippen molar-refractivity contribution in [1.82, 2.24) is 4.98 Å². The van der Waals surface area contributed by atoms with E-state index in [0.29, 0.717) is 24.9 Å². The van der Waals surface area contributed by atoms with Crippen molar-refractivity contribution in [1.29, 1.82) is 0 Å². The van der Waals surface area contributed by atoms with E-state index in [9.17, 15) is 4.79 Å². The second-order valence-corrected chi connectivity index (χ2v) is 9.08. The van der Waals surface area contributed by atoms with Gasteiger partial charge in [-0.1, -0.05) is 44.5 Å². The number of benzene rings is 1. The molecule has 2 aromatic rings. The van der Waals surface area contributed by atoms with Crippen LogP contribution in [0.4, 0.5) is 0 Å². The van der Waals surface area contributed by atoms with Gasteiger partial charge in [-0.25, -0.2) is 4.98 Å². The topological polar surface area (TPSA) is 39.2 Å². The molecule has 2 aliphatic rings. The first kappa shape index (κ1) is 17.7. The average Bonchev–Trinajstić information content (AvgIpc) is 3.37. The van der Waals surface area contributed by atoms with Crippen molar-refractivity contribution in [3.05, 3.63) is 40.9 Å². The monoisotopic (exact) mass is 369 g/mol. The van der Waals surface area contributed by atoms with E-state index < -0.39 is 0 Å². The normalized spacial score (nSPS) is 24.3. The van der Waals surface area contributed by atoms with Crippen molar-refractivity contribution in [3.8, 4) is 10.6 Å². The minimum absolute atomic E-state index is 0.0570. The number of ether oxygens (including phenoxy) is 1. The summed E-state index contributed by atoms with van der Waals surface area (Å²) >= 11 is 1.61. The van der Waals surface area contributed by atoms with Crippen molar-refractivity contribution >= 4 is 17.3 Å². The van der Waals surface area contributed by atoms with E-state index >= 15 is 0 Å². The molecule has 26 heavy (non-hydrogen) atoms. The van der Waals surface area contributed by atoms with Crippen LogP contribution in [-0.2, 0) is 16.1 Å². The minimum Gasteiger partial charge on any atom is -0.459 e. The molecule has 0 saturated heterocycles. The average molecular weight is 370 g/mol. The van der Waals surface area contributed by atoms with Crippen LogP contribution in [0.3, 0.4) is 0 Å². The molecule has 2 saturated carbocycles. The summed E-state index contributed by atoms with van der Waals surface area (Å²) in [5.41, 5.74) is 3.30. The minimum atomic E-state index is -0.0570. The number of aromatic nitrogens is 1. The van der Waals surface area contributed by atoms with Gasteiger partial charge in [0.2, 0.25) is 0 Å². The Labute approximate surface area is 159 Å². The predicted octanol–water partition coefficient (Wildman–Crippen LogP) is 5.80. The van der Waals surface area contributed by atoms with Gasteiger partial charge in [0, 0.05) is 17.4 Å². The van der Waals surface area contributed by atoms with Gasteiger partial charge in [-0.15, -0.1) is 11.3 Å². The summed E-state index contributed by atoms with van der Waals surface area (Å²) in [4.78, 5) is 16.8. The van der Waals surface area contributed by atoms with E-state index in [1.807, 2.05) is 5.38 Å². The first-order valence-electron chi connectivity index (χ1n) is 9.79. The summed E-state index contributed by atoms with van der Waals surface area (Å²) in [7, 11) is 0. The molecule has 0 spiro atoms. The Morgan fingerprint density at radius 3 is 2.69 bits per heavy atom. The Bertz CT molecular complexity index is 765. The zero-order chi connectivity index (χ0) is 18.1. The molecule has 138 valence electrons. The molecule has 0 N–H and O–H groups in total. The van der Waals surface area contributed by atoms with E-state index in [-0.39, 0.29) is 5.97 Å². The maximum Gasteiger partial charge on any atom is 0.306 e. The van der Waals surface area contributed by atoms with Crippen molar-refractivity contribution in [3.63, 3.8) is 0 Å². The zero-order valence-electron chi connectivity index (χ0n) is 15.6. The quantitative estimate of drug-likeness (QED) is 0.604. The van der Waals surface area contributed by atoms with Gasteiger partial charge < -0.3 is 4.74 Å². The van der Waals surface area contributed by atoms with Crippen LogP contribution in [0, 0.1) is 17.8 Å². The molecule has 4 rings (SSSR count). The molecule has 1 heterocycles.